The molecule has 2 aromatic rings. The van der Waals surface area contributed by atoms with Crippen LogP contribution in [0.3, 0.4) is 0 Å². The van der Waals surface area contributed by atoms with Gasteiger partial charge in [-0.2, -0.15) is 0 Å². The van der Waals surface area contributed by atoms with E-state index in [0.717, 1.165) is 12.1 Å². The largest absolute Gasteiger partial charge is 0.573 e. The minimum Gasteiger partial charge on any atom is -0.406 e. The standard InChI is InChI=1S/C18H18F3NO4S/c1-17(8-10-25-16(12-17)15-7-2-3-9-22-15)27(23,24)14-6-4-5-13(11-14)26-18(19,20)21/h2-7,9,11,16H,8,10,12H2,1H3. The zero-order chi connectivity index (χ0) is 19.7. The number of benzene rings is 1. The SMILES string of the molecule is CC1(S(=O)(=O)c2cccc(OC(F)(F)F)c2)CCOC(c2ccccn2)C1. The molecule has 0 amide bonds. The summed E-state index contributed by atoms with van der Waals surface area (Å²) in [4.78, 5) is 4.00. The van der Waals surface area contributed by atoms with Crippen molar-refractivity contribution < 1.29 is 31.1 Å². The summed E-state index contributed by atoms with van der Waals surface area (Å²) < 4.78 is 72.0. The molecule has 1 aliphatic rings. The van der Waals surface area contributed by atoms with E-state index in [0.29, 0.717) is 5.69 Å². The molecule has 0 N–H and O–H groups in total. The first-order valence-electron chi connectivity index (χ1n) is 8.24. The van der Waals surface area contributed by atoms with Gasteiger partial charge in [0.15, 0.2) is 9.84 Å². The van der Waals surface area contributed by atoms with Gasteiger partial charge < -0.3 is 9.47 Å². The van der Waals surface area contributed by atoms with Crippen LogP contribution in [-0.2, 0) is 14.6 Å². The Morgan fingerprint density at radius 2 is 2.00 bits per heavy atom. The van der Waals surface area contributed by atoms with Crippen LogP contribution in [-0.4, -0.2) is 31.1 Å². The molecule has 27 heavy (non-hydrogen) atoms. The summed E-state index contributed by atoms with van der Waals surface area (Å²) in [7, 11) is -3.94. The maximum atomic E-state index is 13.2. The van der Waals surface area contributed by atoms with E-state index in [1.807, 2.05) is 0 Å². The Hall–Kier alpha value is -2.13. The van der Waals surface area contributed by atoms with Crippen molar-refractivity contribution in [3.63, 3.8) is 0 Å². The number of rotatable bonds is 4. The molecule has 2 atom stereocenters. The Labute approximate surface area is 155 Å². The summed E-state index contributed by atoms with van der Waals surface area (Å²) in [5.41, 5.74) is 0.618. The molecule has 0 bridgehead atoms. The molecule has 1 saturated heterocycles. The number of sulfone groups is 1. The fourth-order valence-corrected chi connectivity index (χ4v) is 4.91. The average molecular weight is 401 g/mol. The van der Waals surface area contributed by atoms with Crippen molar-refractivity contribution in [2.75, 3.05) is 6.61 Å². The van der Waals surface area contributed by atoms with E-state index >= 15 is 0 Å². The molecule has 0 aliphatic carbocycles. The van der Waals surface area contributed by atoms with Crippen LogP contribution in [0.5, 0.6) is 5.75 Å². The van der Waals surface area contributed by atoms with E-state index in [9.17, 15) is 21.6 Å². The van der Waals surface area contributed by atoms with Crippen molar-refractivity contribution in [1.82, 2.24) is 4.98 Å². The maximum Gasteiger partial charge on any atom is 0.573 e. The van der Waals surface area contributed by atoms with E-state index in [1.54, 1.807) is 31.3 Å². The molecule has 2 heterocycles. The second kappa shape index (κ2) is 7.12. The van der Waals surface area contributed by atoms with Gasteiger partial charge in [-0.15, -0.1) is 13.2 Å². The van der Waals surface area contributed by atoms with Crippen LogP contribution in [0.1, 0.15) is 31.6 Å². The van der Waals surface area contributed by atoms with Crippen LogP contribution >= 0.6 is 0 Å². The van der Waals surface area contributed by atoms with Crippen LogP contribution < -0.4 is 4.74 Å². The second-order valence-electron chi connectivity index (χ2n) is 6.54. The normalized spacial score (nSPS) is 23.8. The van der Waals surface area contributed by atoms with Gasteiger partial charge in [-0.1, -0.05) is 12.1 Å². The van der Waals surface area contributed by atoms with Gasteiger partial charge in [0.05, 0.1) is 15.3 Å². The second-order valence-corrected chi connectivity index (χ2v) is 9.01. The van der Waals surface area contributed by atoms with Crippen molar-refractivity contribution in [3.8, 4) is 5.75 Å². The lowest BCUT2D eigenvalue weighted by Gasteiger charge is -2.37. The average Bonchev–Trinajstić information content (AvgIpc) is 2.61. The molecule has 9 heteroatoms. The summed E-state index contributed by atoms with van der Waals surface area (Å²) >= 11 is 0. The molecule has 1 aliphatic heterocycles. The highest BCUT2D eigenvalue weighted by molar-refractivity contribution is 7.92. The Bertz CT molecular complexity index is 902. The fraction of sp³-hybridized carbons (Fsp3) is 0.389. The lowest BCUT2D eigenvalue weighted by atomic mass is 9.94. The first-order valence-corrected chi connectivity index (χ1v) is 9.72. The van der Waals surface area contributed by atoms with Gasteiger partial charge in [-0.3, -0.25) is 4.98 Å². The number of nitrogens with zero attached hydrogens (tertiary/aromatic N) is 1. The third-order valence-corrected chi connectivity index (χ3v) is 7.13. The first-order chi connectivity index (χ1) is 12.6. The molecule has 0 saturated carbocycles. The Morgan fingerprint density at radius 3 is 2.67 bits per heavy atom. The van der Waals surface area contributed by atoms with Crippen molar-refractivity contribution >= 4 is 9.84 Å². The topological polar surface area (TPSA) is 65.5 Å². The van der Waals surface area contributed by atoms with Crippen LogP contribution in [0.25, 0.3) is 0 Å². The lowest BCUT2D eigenvalue weighted by molar-refractivity contribution is -0.274. The molecule has 3 rings (SSSR count). The van der Waals surface area contributed by atoms with Gasteiger partial charge in [-0.25, -0.2) is 8.42 Å². The molecule has 1 aromatic carbocycles. The minimum atomic E-state index is -4.89. The number of alkyl halides is 3. The smallest absolute Gasteiger partial charge is 0.406 e. The zero-order valence-electron chi connectivity index (χ0n) is 14.4. The van der Waals surface area contributed by atoms with Crippen LogP contribution in [0.4, 0.5) is 13.2 Å². The first kappa shape index (κ1) is 19.6. The van der Waals surface area contributed by atoms with Gasteiger partial charge in [0.25, 0.3) is 0 Å². The summed E-state index contributed by atoms with van der Waals surface area (Å²) in [5.74, 6) is -0.569. The van der Waals surface area contributed by atoms with Crippen molar-refractivity contribution in [3.05, 3.63) is 54.4 Å². The van der Waals surface area contributed by atoms with Gasteiger partial charge in [0.1, 0.15) is 11.9 Å². The van der Waals surface area contributed by atoms with E-state index in [-0.39, 0.29) is 24.3 Å². The molecule has 2 unspecified atom stereocenters. The highest BCUT2D eigenvalue weighted by Crippen LogP contribution is 2.42. The Morgan fingerprint density at radius 1 is 1.22 bits per heavy atom. The summed E-state index contributed by atoms with van der Waals surface area (Å²) in [6.07, 6.45) is -3.43. The molecule has 5 nitrogen and oxygen atoms in total. The van der Waals surface area contributed by atoms with Crippen molar-refractivity contribution in [1.29, 1.82) is 0 Å². The Balaban J connectivity index is 1.90. The number of halogens is 3. The van der Waals surface area contributed by atoms with E-state index in [4.69, 9.17) is 4.74 Å². The van der Waals surface area contributed by atoms with Gasteiger partial charge in [0, 0.05) is 12.8 Å². The van der Waals surface area contributed by atoms with Crippen molar-refractivity contribution in [2.45, 2.75) is 41.9 Å². The van der Waals surface area contributed by atoms with Crippen LogP contribution in [0, 0.1) is 0 Å². The van der Waals surface area contributed by atoms with E-state index in [1.165, 1.54) is 12.1 Å². The molecule has 1 aromatic heterocycles. The van der Waals surface area contributed by atoms with Gasteiger partial charge in [0.2, 0.25) is 0 Å². The highest BCUT2D eigenvalue weighted by Gasteiger charge is 2.45. The number of pyridine rings is 1. The molecular weight excluding hydrogens is 383 g/mol. The molecule has 0 spiro atoms. The monoisotopic (exact) mass is 401 g/mol. The van der Waals surface area contributed by atoms with Gasteiger partial charge in [-0.05, 0) is 50.1 Å². The zero-order valence-corrected chi connectivity index (χ0v) is 15.3. The summed E-state index contributed by atoms with van der Waals surface area (Å²) in [5, 5.41) is 0. The molecule has 1 fully saturated rings. The van der Waals surface area contributed by atoms with Crippen molar-refractivity contribution in [2.24, 2.45) is 0 Å². The quantitative estimate of drug-likeness (QED) is 0.773. The lowest BCUT2D eigenvalue weighted by Crippen LogP contribution is -2.42. The minimum absolute atomic E-state index is 0.150. The number of aromatic nitrogens is 1. The third-order valence-electron chi connectivity index (χ3n) is 4.58. The highest BCUT2D eigenvalue weighted by atomic mass is 32.2. The fourth-order valence-electron chi connectivity index (χ4n) is 3.09. The summed E-state index contributed by atoms with van der Waals surface area (Å²) in [6.45, 7) is 1.79. The van der Waals surface area contributed by atoms with Gasteiger partial charge >= 0.3 is 6.36 Å². The third kappa shape index (κ3) is 4.24. The molecule has 146 valence electrons. The molecule has 0 radical (unpaired) electrons. The number of hydrogen-bond donors (Lipinski definition) is 0. The Kier molecular flexibility index (Phi) is 5.18. The summed E-state index contributed by atoms with van der Waals surface area (Å²) in [6, 6.07) is 9.75. The van der Waals surface area contributed by atoms with E-state index < -0.39 is 32.8 Å². The number of hydrogen-bond acceptors (Lipinski definition) is 5. The van der Waals surface area contributed by atoms with E-state index in [2.05, 4.69) is 9.72 Å². The van der Waals surface area contributed by atoms with Crippen LogP contribution in [0.2, 0.25) is 0 Å². The predicted octanol–water partition coefficient (Wildman–Crippen LogP) is 4.06. The number of ether oxygens (including phenoxy) is 2. The molecular formula is C18H18F3NO4S. The maximum absolute atomic E-state index is 13.2. The predicted molar refractivity (Wildman–Crippen MR) is 90.9 cm³/mol. The van der Waals surface area contributed by atoms with Crippen LogP contribution in [0.15, 0.2) is 53.6 Å².